The fourth-order valence-electron chi connectivity index (χ4n) is 1.89. The minimum atomic E-state index is -3.90. The molecule has 3 N–H and O–H groups in total. The number of nitrogens with zero attached hydrogens (tertiary/aromatic N) is 2. The molecule has 110 valence electrons. The van der Waals surface area contributed by atoms with Crippen LogP contribution in [0.4, 0.5) is 5.69 Å². The molecule has 0 bridgehead atoms. The molecule has 0 aliphatic heterocycles. The highest BCUT2D eigenvalue weighted by Crippen LogP contribution is 2.22. The molecular weight excluding hydrogens is 318 g/mol. The maximum absolute atomic E-state index is 12.3. The topological polar surface area (TPSA) is 113 Å². The third-order valence-electron chi connectivity index (χ3n) is 2.87. The molecule has 2 aromatic heterocycles. The second-order valence-corrected chi connectivity index (χ2v) is 6.34. The van der Waals surface area contributed by atoms with Crippen molar-refractivity contribution >= 4 is 38.3 Å². The number of nitrogens with one attached hydrogen (secondary N) is 3. The van der Waals surface area contributed by atoms with Crippen molar-refractivity contribution in [2.75, 3.05) is 4.72 Å². The number of hydrogen-bond donors (Lipinski definition) is 3. The summed E-state index contributed by atoms with van der Waals surface area (Å²) in [4.78, 5) is 20.1. The zero-order valence-corrected chi connectivity index (χ0v) is 12.3. The molecule has 8 nitrogen and oxygen atoms in total. The quantitative estimate of drug-likeness (QED) is 0.667. The molecule has 0 unspecified atom stereocenters. The van der Waals surface area contributed by atoms with Gasteiger partial charge in [0.15, 0.2) is 5.03 Å². The van der Waals surface area contributed by atoms with Crippen LogP contribution in [-0.4, -0.2) is 27.9 Å². The van der Waals surface area contributed by atoms with Gasteiger partial charge in [-0.3, -0.25) is 4.72 Å². The second-order valence-electron chi connectivity index (χ2n) is 4.37. The summed E-state index contributed by atoms with van der Waals surface area (Å²) < 4.78 is 28.3. The number of benzene rings is 1. The lowest BCUT2D eigenvalue weighted by molar-refractivity contribution is 0.598. The van der Waals surface area contributed by atoms with Gasteiger partial charge >= 0.3 is 5.69 Å². The Bertz CT molecular complexity index is 965. The number of halogens is 1. The van der Waals surface area contributed by atoms with Crippen LogP contribution in [0, 0.1) is 0 Å². The van der Waals surface area contributed by atoms with Gasteiger partial charge in [0, 0.05) is 13.2 Å². The Balaban J connectivity index is 2.07. The molecule has 0 saturated heterocycles. The van der Waals surface area contributed by atoms with Crippen LogP contribution in [0.3, 0.4) is 0 Å². The maximum atomic E-state index is 12.3. The summed E-state index contributed by atoms with van der Waals surface area (Å²) in [6, 6.07) is 4.81. The fraction of sp³-hybridized carbons (Fsp3) is 0.0909. The van der Waals surface area contributed by atoms with E-state index in [4.69, 9.17) is 11.6 Å². The van der Waals surface area contributed by atoms with Crippen LogP contribution in [0.2, 0.25) is 5.28 Å². The molecule has 0 spiro atoms. The van der Waals surface area contributed by atoms with Crippen molar-refractivity contribution in [1.29, 1.82) is 0 Å². The van der Waals surface area contributed by atoms with Gasteiger partial charge in [0.2, 0.25) is 5.28 Å². The molecule has 0 fully saturated rings. The van der Waals surface area contributed by atoms with Crippen LogP contribution < -0.4 is 10.4 Å². The average Bonchev–Trinajstić information content (AvgIpc) is 2.93. The standard InChI is InChI=1S/C11H10ClN5O3S/c1-17-5-8(14-10(17)12)21(19,20)16-7-4-2-3-6-9(7)15-11(18)13-6/h2-5,16H,1H3,(H2,13,15,18). The molecule has 1 aromatic carbocycles. The average molecular weight is 328 g/mol. The summed E-state index contributed by atoms with van der Waals surface area (Å²) in [7, 11) is -2.32. The van der Waals surface area contributed by atoms with Crippen LogP contribution in [0.5, 0.6) is 0 Å². The summed E-state index contributed by atoms with van der Waals surface area (Å²) in [6.07, 6.45) is 1.30. The minimum Gasteiger partial charge on any atom is -0.323 e. The van der Waals surface area contributed by atoms with Crippen molar-refractivity contribution in [3.63, 3.8) is 0 Å². The highest BCUT2D eigenvalue weighted by Gasteiger charge is 2.20. The summed E-state index contributed by atoms with van der Waals surface area (Å²) in [5.74, 6) is 0. The predicted octanol–water partition coefficient (Wildman–Crippen LogP) is 1.04. The smallest absolute Gasteiger partial charge is 0.323 e. The first-order valence-corrected chi connectivity index (χ1v) is 7.65. The van der Waals surface area contributed by atoms with E-state index < -0.39 is 15.7 Å². The number of sulfonamides is 1. The van der Waals surface area contributed by atoms with Crippen molar-refractivity contribution in [2.24, 2.45) is 7.05 Å². The first-order chi connectivity index (χ1) is 9.87. The number of aromatic nitrogens is 4. The van der Waals surface area contributed by atoms with E-state index in [9.17, 15) is 13.2 Å². The summed E-state index contributed by atoms with van der Waals surface area (Å²) in [6.45, 7) is 0. The molecule has 2 heterocycles. The van der Waals surface area contributed by atoms with Crippen molar-refractivity contribution in [3.8, 4) is 0 Å². The van der Waals surface area contributed by atoms with Crippen molar-refractivity contribution in [3.05, 3.63) is 40.2 Å². The van der Waals surface area contributed by atoms with E-state index in [-0.39, 0.29) is 16.0 Å². The predicted molar refractivity (Wildman–Crippen MR) is 77.9 cm³/mol. The largest absolute Gasteiger partial charge is 0.323 e. The number of rotatable bonds is 3. The number of fused-ring (bicyclic) bond motifs is 1. The zero-order chi connectivity index (χ0) is 15.2. The van der Waals surface area contributed by atoms with Crippen LogP contribution in [0.15, 0.2) is 34.2 Å². The minimum absolute atomic E-state index is 0.0589. The molecule has 0 radical (unpaired) electrons. The van der Waals surface area contributed by atoms with Gasteiger partial charge in [0.05, 0.1) is 16.7 Å². The van der Waals surface area contributed by atoms with Gasteiger partial charge in [-0.2, -0.15) is 8.42 Å². The summed E-state index contributed by atoms with van der Waals surface area (Å²) >= 11 is 5.74. The van der Waals surface area contributed by atoms with Gasteiger partial charge in [-0.1, -0.05) is 6.07 Å². The third-order valence-corrected chi connectivity index (χ3v) is 4.46. The Morgan fingerprint density at radius 1 is 1.33 bits per heavy atom. The number of para-hydroxylation sites is 1. The summed E-state index contributed by atoms with van der Waals surface area (Å²) in [5.41, 5.74) is 0.692. The van der Waals surface area contributed by atoms with Gasteiger partial charge < -0.3 is 14.5 Å². The Labute approximate surface area is 123 Å². The first kappa shape index (κ1) is 13.7. The lowest BCUT2D eigenvalue weighted by Crippen LogP contribution is -2.13. The number of aryl methyl sites for hydroxylation is 1. The number of aromatic amines is 2. The monoisotopic (exact) mass is 327 g/mol. The Morgan fingerprint density at radius 3 is 2.76 bits per heavy atom. The zero-order valence-electron chi connectivity index (χ0n) is 10.7. The van der Waals surface area contributed by atoms with E-state index in [0.717, 1.165) is 0 Å². The van der Waals surface area contributed by atoms with Gasteiger partial charge in [-0.25, -0.2) is 9.78 Å². The van der Waals surface area contributed by atoms with Crippen molar-refractivity contribution in [1.82, 2.24) is 19.5 Å². The molecule has 3 aromatic rings. The lowest BCUT2D eigenvalue weighted by atomic mass is 10.3. The van der Waals surface area contributed by atoms with E-state index in [2.05, 4.69) is 19.7 Å². The molecule has 0 aliphatic rings. The highest BCUT2D eigenvalue weighted by molar-refractivity contribution is 7.92. The van der Waals surface area contributed by atoms with E-state index in [1.165, 1.54) is 16.8 Å². The van der Waals surface area contributed by atoms with Crippen LogP contribution in [0.1, 0.15) is 0 Å². The Kier molecular flexibility index (Phi) is 3.03. The highest BCUT2D eigenvalue weighted by atomic mass is 35.5. The Morgan fingerprint density at radius 2 is 2.10 bits per heavy atom. The van der Waals surface area contributed by atoms with Crippen molar-refractivity contribution in [2.45, 2.75) is 5.03 Å². The van der Waals surface area contributed by atoms with Gasteiger partial charge in [0.1, 0.15) is 0 Å². The molecule has 10 heteroatoms. The molecule has 3 rings (SSSR count). The van der Waals surface area contributed by atoms with E-state index in [1.807, 2.05) is 0 Å². The lowest BCUT2D eigenvalue weighted by Gasteiger charge is -2.06. The van der Waals surface area contributed by atoms with E-state index in [0.29, 0.717) is 11.0 Å². The third kappa shape index (κ3) is 2.41. The normalized spacial score (nSPS) is 11.9. The van der Waals surface area contributed by atoms with Crippen LogP contribution >= 0.6 is 11.6 Å². The van der Waals surface area contributed by atoms with E-state index >= 15 is 0 Å². The van der Waals surface area contributed by atoms with Gasteiger partial charge in [0.25, 0.3) is 10.0 Å². The number of hydrogen-bond acceptors (Lipinski definition) is 4. The second kappa shape index (κ2) is 4.64. The van der Waals surface area contributed by atoms with E-state index in [1.54, 1.807) is 19.2 Å². The molecule has 0 amide bonds. The summed E-state index contributed by atoms with van der Waals surface area (Å²) in [5, 5.41) is -0.145. The van der Waals surface area contributed by atoms with Crippen LogP contribution in [0.25, 0.3) is 11.0 Å². The first-order valence-electron chi connectivity index (χ1n) is 5.79. The van der Waals surface area contributed by atoms with Crippen molar-refractivity contribution < 1.29 is 8.42 Å². The van der Waals surface area contributed by atoms with Gasteiger partial charge in [-0.05, 0) is 23.7 Å². The number of H-pyrrole nitrogens is 2. The fourth-order valence-corrected chi connectivity index (χ4v) is 3.15. The number of anilines is 1. The molecule has 0 saturated carbocycles. The molecule has 0 aliphatic carbocycles. The molecular formula is C11H10ClN5O3S. The molecule has 21 heavy (non-hydrogen) atoms. The number of imidazole rings is 2. The molecule has 0 atom stereocenters. The van der Waals surface area contributed by atoms with Gasteiger partial charge in [-0.15, -0.1) is 0 Å². The van der Waals surface area contributed by atoms with Crippen LogP contribution in [-0.2, 0) is 17.1 Å². The maximum Gasteiger partial charge on any atom is 0.323 e. The SMILES string of the molecule is Cn1cc(S(=O)(=O)Nc2cccc3[nH]c(=O)[nH]c23)nc1Cl. The Hall–Kier alpha value is -2.26.